The van der Waals surface area contributed by atoms with Crippen LogP contribution in [-0.4, -0.2) is 29.8 Å². The lowest BCUT2D eigenvalue weighted by molar-refractivity contribution is -0.140. The first-order valence-electron chi connectivity index (χ1n) is 8.24. The molecule has 2 heterocycles. The standard InChI is InChI=1S/C17H27N3O2/c1-5-6-12(11(2)21)7-14(9-18)20-15(22)17-8-13(10-19-17)16(17,3)4/h12-14,19H,5-8,10H2,1-4H3,(H,20,22)/t12-,13+,14-,17+/m0/s1. The lowest BCUT2D eigenvalue weighted by Gasteiger charge is -2.52. The molecule has 2 bridgehead atoms. The van der Waals surface area contributed by atoms with Gasteiger partial charge in [-0.1, -0.05) is 27.2 Å². The molecule has 122 valence electrons. The highest BCUT2D eigenvalue weighted by Crippen LogP contribution is 2.58. The van der Waals surface area contributed by atoms with E-state index in [1.807, 2.05) is 6.92 Å². The van der Waals surface area contributed by atoms with Crippen molar-refractivity contribution < 1.29 is 9.59 Å². The largest absolute Gasteiger partial charge is 0.339 e. The van der Waals surface area contributed by atoms with E-state index in [0.717, 1.165) is 25.8 Å². The normalized spacial score (nSPS) is 30.8. The Labute approximate surface area is 132 Å². The van der Waals surface area contributed by atoms with Gasteiger partial charge < -0.3 is 10.6 Å². The van der Waals surface area contributed by atoms with Gasteiger partial charge in [-0.05, 0) is 44.1 Å². The van der Waals surface area contributed by atoms with Gasteiger partial charge in [-0.3, -0.25) is 9.59 Å². The number of nitrogens with zero attached hydrogens (tertiary/aromatic N) is 1. The summed E-state index contributed by atoms with van der Waals surface area (Å²) in [5, 5.41) is 15.6. The summed E-state index contributed by atoms with van der Waals surface area (Å²) >= 11 is 0. The van der Waals surface area contributed by atoms with Gasteiger partial charge in [0.15, 0.2) is 0 Å². The van der Waals surface area contributed by atoms with E-state index in [4.69, 9.17) is 0 Å². The molecule has 4 atom stereocenters. The fraction of sp³-hybridized carbons (Fsp3) is 0.824. The van der Waals surface area contributed by atoms with Crippen molar-refractivity contribution in [3.8, 4) is 6.07 Å². The third-order valence-corrected chi connectivity index (χ3v) is 5.90. The van der Waals surface area contributed by atoms with Gasteiger partial charge in [0.05, 0.1) is 6.07 Å². The van der Waals surface area contributed by atoms with Gasteiger partial charge >= 0.3 is 0 Å². The summed E-state index contributed by atoms with van der Waals surface area (Å²) in [4.78, 5) is 24.4. The van der Waals surface area contributed by atoms with Crippen LogP contribution in [0.15, 0.2) is 0 Å². The molecule has 3 rings (SSSR count). The van der Waals surface area contributed by atoms with Gasteiger partial charge in [0.1, 0.15) is 17.4 Å². The number of ketones is 1. The van der Waals surface area contributed by atoms with Crippen molar-refractivity contribution in [1.29, 1.82) is 5.26 Å². The molecule has 0 aromatic carbocycles. The summed E-state index contributed by atoms with van der Waals surface area (Å²) in [7, 11) is 0. The third kappa shape index (κ3) is 2.54. The molecule has 0 aromatic heterocycles. The molecule has 2 N–H and O–H groups in total. The van der Waals surface area contributed by atoms with E-state index in [9.17, 15) is 14.9 Å². The number of amides is 1. The number of hydrogen-bond acceptors (Lipinski definition) is 4. The van der Waals surface area contributed by atoms with Gasteiger partial charge in [0.25, 0.3) is 0 Å². The maximum absolute atomic E-state index is 12.7. The third-order valence-electron chi connectivity index (χ3n) is 5.90. The van der Waals surface area contributed by atoms with E-state index in [-0.39, 0.29) is 23.0 Å². The summed E-state index contributed by atoms with van der Waals surface area (Å²) in [6.45, 7) is 8.67. The lowest BCUT2D eigenvalue weighted by atomic mass is 9.53. The summed E-state index contributed by atoms with van der Waals surface area (Å²) in [6, 6.07) is 1.55. The molecule has 3 fully saturated rings. The molecule has 0 spiro atoms. The molecule has 3 aliphatic rings. The second-order valence-corrected chi connectivity index (χ2v) is 7.40. The summed E-state index contributed by atoms with van der Waals surface area (Å²) < 4.78 is 0. The van der Waals surface area contributed by atoms with Crippen molar-refractivity contribution in [3.05, 3.63) is 0 Å². The molecule has 2 saturated heterocycles. The number of carbonyl (C=O) groups is 2. The second kappa shape index (κ2) is 6.00. The number of rotatable bonds is 7. The highest BCUT2D eigenvalue weighted by molar-refractivity contribution is 5.90. The van der Waals surface area contributed by atoms with E-state index in [2.05, 4.69) is 30.6 Å². The van der Waals surface area contributed by atoms with Gasteiger partial charge in [-0.2, -0.15) is 5.26 Å². The van der Waals surface area contributed by atoms with Crippen LogP contribution >= 0.6 is 0 Å². The monoisotopic (exact) mass is 305 g/mol. The molecular formula is C17H27N3O2. The molecule has 1 aliphatic carbocycles. The Morgan fingerprint density at radius 2 is 2.14 bits per heavy atom. The predicted octanol–water partition coefficient (Wildman–Crippen LogP) is 1.78. The molecule has 5 nitrogen and oxygen atoms in total. The van der Waals surface area contributed by atoms with Crippen molar-refractivity contribution in [2.75, 3.05) is 6.54 Å². The molecular weight excluding hydrogens is 278 g/mol. The zero-order valence-electron chi connectivity index (χ0n) is 14.0. The minimum Gasteiger partial charge on any atom is -0.339 e. The number of fused-ring (bicyclic) bond motifs is 1. The fourth-order valence-corrected chi connectivity index (χ4v) is 4.04. The summed E-state index contributed by atoms with van der Waals surface area (Å²) in [6.07, 6.45) is 2.91. The van der Waals surface area contributed by atoms with Gasteiger partial charge in [0, 0.05) is 5.92 Å². The molecule has 0 radical (unpaired) electrons. The molecule has 0 unspecified atom stereocenters. The van der Waals surface area contributed by atoms with Crippen LogP contribution < -0.4 is 10.6 Å². The number of nitriles is 1. The first kappa shape index (κ1) is 17.0. The van der Waals surface area contributed by atoms with E-state index in [0.29, 0.717) is 12.3 Å². The van der Waals surface area contributed by atoms with Crippen LogP contribution in [0.2, 0.25) is 0 Å². The highest BCUT2D eigenvalue weighted by Gasteiger charge is 2.68. The lowest BCUT2D eigenvalue weighted by Crippen LogP contribution is -2.67. The molecule has 2 aliphatic heterocycles. The average Bonchev–Trinajstić information content (AvgIpc) is 3.03. The number of hydrogen-bond donors (Lipinski definition) is 2. The topological polar surface area (TPSA) is 82.0 Å². The zero-order chi connectivity index (χ0) is 16.5. The van der Waals surface area contributed by atoms with Crippen molar-refractivity contribution in [2.45, 2.75) is 65.0 Å². The van der Waals surface area contributed by atoms with Crippen molar-refractivity contribution in [2.24, 2.45) is 17.3 Å². The molecule has 22 heavy (non-hydrogen) atoms. The highest BCUT2D eigenvalue weighted by atomic mass is 16.2. The minimum atomic E-state index is -0.598. The first-order chi connectivity index (χ1) is 10.3. The second-order valence-electron chi connectivity index (χ2n) is 7.40. The van der Waals surface area contributed by atoms with Crippen LogP contribution in [0.25, 0.3) is 0 Å². The van der Waals surface area contributed by atoms with Crippen LogP contribution in [0, 0.1) is 28.6 Å². The Hall–Kier alpha value is -1.41. The molecule has 1 amide bonds. The molecule has 5 heteroatoms. The van der Waals surface area contributed by atoms with Crippen molar-refractivity contribution >= 4 is 11.7 Å². The smallest absolute Gasteiger partial charge is 0.241 e. The van der Waals surface area contributed by atoms with Crippen LogP contribution in [0.4, 0.5) is 0 Å². The Balaban J connectivity index is 2.00. The van der Waals surface area contributed by atoms with E-state index in [1.54, 1.807) is 6.92 Å². The van der Waals surface area contributed by atoms with E-state index < -0.39 is 11.6 Å². The molecule has 1 saturated carbocycles. The quantitative estimate of drug-likeness (QED) is 0.751. The average molecular weight is 305 g/mol. The SMILES string of the molecule is CCC[C@@H](C[C@@H](C#N)NC(=O)[C@@]12C[C@H](CN1)C2(C)C)C(C)=O. The Bertz CT molecular complexity index is 505. The molecule has 0 aromatic rings. The zero-order valence-corrected chi connectivity index (χ0v) is 14.0. The fourth-order valence-electron chi connectivity index (χ4n) is 4.04. The summed E-state index contributed by atoms with van der Waals surface area (Å²) in [5.74, 6) is 0.393. The van der Waals surface area contributed by atoms with Gasteiger partial charge in [-0.15, -0.1) is 0 Å². The number of nitrogens with one attached hydrogen (secondary N) is 2. The van der Waals surface area contributed by atoms with Crippen LogP contribution in [0.5, 0.6) is 0 Å². The Morgan fingerprint density at radius 3 is 2.55 bits per heavy atom. The maximum Gasteiger partial charge on any atom is 0.241 e. The predicted molar refractivity (Wildman–Crippen MR) is 83.9 cm³/mol. The number of Topliss-reactive ketones (excluding diaryl/α,β-unsaturated/α-hetero) is 1. The Kier molecular flexibility index (Phi) is 4.62. The minimum absolute atomic E-state index is 0.0690. The van der Waals surface area contributed by atoms with Crippen LogP contribution in [0.3, 0.4) is 0 Å². The maximum atomic E-state index is 12.7. The first-order valence-corrected chi connectivity index (χ1v) is 8.24. The van der Waals surface area contributed by atoms with Gasteiger partial charge in [0.2, 0.25) is 5.91 Å². The van der Waals surface area contributed by atoms with Crippen molar-refractivity contribution in [1.82, 2.24) is 10.6 Å². The Morgan fingerprint density at radius 1 is 1.45 bits per heavy atom. The van der Waals surface area contributed by atoms with Crippen LogP contribution in [-0.2, 0) is 9.59 Å². The van der Waals surface area contributed by atoms with E-state index >= 15 is 0 Å². The van der Waals surface area contributed by atoms with Crippen molar-refractivity contribution in [3.63, 3.8) is 0 Å². The van der Waals surface area contributed by atoms with Crippen LogP contribution in [0.1, 0.15) is 53.4 Å². The number of carbonyl (C=O) groups excluding carboxylic acids is 2. The van der Waals surface area contributed by atoms with E-state index in [1.165, 1.54) is 0 Å². The van der Waals surface area contributed by atoms with Gasteiger partial charge in [-0.25, -0.2) is 0 Å². The summed E-state index contributed by atoms with van der Waals surface area (Å²) in [5.41, 5.74) is -0.607.